The van der Waals surface area contributed by atoms with Crippen molar-refractivity contribution in [3.05, 3.63) is 15.9 Å². The number of ether oxygens (including phenoxy) is 1. The van der Waals surface area contributed by atoms with E-state index in [1.807, 2.05) is 20.8 Å². The van der Waals surface area contributed by atoms with Crippen molar-refractivity contribution < 1.29 is 9.66 Å². The molecule has 0 unspecified atom stereocenters. The molecule has 1 heterocycles. The maximum atomic E-state index is 11.4. The molecule has 0 saturated heterocycles. The molecule has 0 fully saturated rings. The third-order valence-corrected chi connectivity index (χ3v) is 3.02. The molecule has 0 aliphatic carbocycles. The minimum atomic E-state index is -0.475. The van der Waals surface area contributed by atoms with Crippen molar-refractivity contribution in [1.82, 2.24) is 9.97 Å². The van der Waals surface area contributed by atoms with Gasteiger partial charge in [-0.05, 0) is 12.3 Å². The number of nitro groups is 1. The van der Waals surface area contributed by atoms with E-state index in [4.69, 9.17) is 4.74 Å². The lowest BCUT2D eigenvalue weighted by atomic mass is 10.2. The molecule has 0 spiro atoms. The van der Waals surface area contributed by atoms with Gasteiger partial charge in [-0.25, -0.2) is 4.98 Å². The highest BCUT2D eigenvalue weighted by Gasteiger charge is 2.26. The minimum absolute atomic E-state index is 0.0588. The van der Waals surface area contributed by atoms with E-state index in [-0.39, 0.29) is 23.3 Å². The van der Waals surface area contributed by atoms with Crippen LogP contribution in [0.1, 0.15) is 52.8 Å². The monoisotopic (exact) mass is 310 g/mol. The van der Waals surface area contributed by atoms with Crippen LogP contribution in [0, 0.1) is 16.0 Å². The van der Waals surface area contributed by atoms with Crippen LogP contribution in [0.25, 0.3) is 0 Å². The molecule has 124 valence electrons. The van der Waals surface area contributed by atoms with Crippen molar-refractivity contribution in [2.24, 2.45) is 5.92 Å². The molecule has 22 heavy (non-hydrogen) atoms. The normalized spacial score (nSPS) is 10.8. The molecule has 0 aromatic carbocycles. The first-order valence-corrected chi connectivity index (χ1v) is 7.91. The average molecular weight is 310 g/mol. The zero-order chi connectivity index (χ0) is 16.5. The molecule has 7 heteroatoms. The largest absolute Gasteiger partial charge is 0.472 e. The van der Waals surface area contributed by atoms with Crippen molar-refractivity contribution in [3.8, 4) is 5.88 Å². The molecule has 7 nitrogen and oxygen atoms in total. The van der Waals surface area contributed by atoms with Crippen molar-refractivity contribution in [1.29, 1.82) is 0 Å². The van der Waals surface area contributed by atoms with Gasteiger partial charge in [0.2, 0.25) is 5.82 Å². The second kappa shape index (κ2) is 9.17. The second-order valence-corrected chi connectivity index (χ2v) is 5.59. The summed E-state index contributed by atoms with van der Waals surface area (Å²) in [6.45, 7) is 9.03. The first-order chi connectivity index (χ1) is 10.5. The first kappa shape index (κ1) is 18.1. The quantitative estimate of drug-likeness (QED) is 0.403. The number of hydrogen-bond acceptors (Lipinski definition) is 6. The van der Waals surface area contributed by atoms with Gasteiger partial charge in [0.25, 0.3) is 5.88 Å². The predicted molar refractivity (Wildman–Crippen MR) is 86.4 cm³/mol. The fourth-order valence-corrected chi connectivity index (χ4v) is 1.85. The van der Waals surface area contributed by atoms with Gasteiger partial charge in [0.05, 0.1) is 11.5 Å². The SMILES string of the molecule is CCCCCNc1nc(CC)nc(OCC(C)C)c1[N+](=O)[O-]. The van der Waals surface area contributed by atoms with E-state index >= 15 is 0 Å². The summed E-state index contributed by atoms with van der Waals surface area (Å²) in [5, 5.41) is 14.4. The Morgan fingerprint density at radius 2 is 2.00 bits per heavy atom. The lowest BCUT2D eigenvalue weighted by molar-refractivity contribution is -0.385. The van der Waals surface area contributed by atoms with E-state index in [0.717, 1.165) is 19.3 Å². The number of aryl methyl sites for hydroxylation is 1. The van der Waals surface area contributed by atoms with E-state index in [1.165, 1.54) is 0 Å². The summed E-state index contributed by atoms with van der Waals surface area (Å²) in [7, 11) is 0. The Labute approximate surface area is 131 Å². The Bertz CT molecular complexity index is 492. The zero-order valence-corrected chi connectivity index (χ0v) is 13.9. The van der Waals surface area contributed by atoms with Crippen molar-refractivity contribution in [2.75, 3.05) is 18.5 Å². The molecule has 0 aliphatic heterocycles. The Hall–Kier alpha value is -1.92. The van der Waals surface area contributed by atoms with E-state index in [9.17, 15) is 10.1 Å². The lowest BCUT2D eigenvalue weighted by Gasteiger charge is -2.12. The van der Waals surface area contributed by atoms with Gasteiger partial charge in [-0.1, -0.05) is 40.5 Å². The summed E-state index contributed by atoms with van der Waals surface area (Å²) in [6.07, 6.45) is 3.71. The Morgan fingerprint density at radius 1 is 1.27 bits per heavy atom. The standard InChI is InChI=1S/C15H26N4O3/c1-5-7-8-9-16-14-13(19(20)21)15(22-10-11(3)4)18-12(6-2)17-14/h11H,5-10H2,1-4H3,(H,16,17,18). The third kappa shape index (κ3) is 5.46. The highest BCUT2D eigenvalue weighted by atomic mass is 16.6. The van der Waals surface area contributed by atoms with E-state index in [2.05, 4.69) is 22.2 Å². The highest BCUT2D eigenvalue weighted by Crippen LogP contribution is 2.32. The summed E-state index contributed by atoms with van der Waals surface area (Å²) in [6, 6.07) is 0. The van der Waals surface area contributed by atoms with Crippen molar-refractivity contribution >= 4 is 11.5 Å². The fourth-order valence-electron chi connectivity index (χ4n) is 1.85. The number of nitrogens with zero attached hydrogens (tertiary/aromatic N) is 3. The van der Waals surface area contributed by atoms with Crippen LogP contribution >= 0.6 is 0 Å². The predicted octanol–water partition coefficient (Wildman–Crippen LogP) is 3.58. The molecule has 0 atom stereocenters. The summed E-state index contributed by atoms with van der Waals surface area (Å²) < 4.78 is 5.54. The van der Waals surface area contributed by atoms with Crippen LogP contribution in [0.4, 0.5) is 11.5 Å². The molecule has 1 N–H and O–H groups in total. The van der Waals surface area contributed by atoms with Gasteiger partial charge in [-0.2, -0.15) is 4.98 Å². The van der Waals surface area contributed by atoms with Gasteiger partial charge in [0, 0.05) is 13.0 Å². The van der Waals surface area contributed by atoms with Crippen LogP contribution in [0.3, 0.4) is 0 Å². The number of nitrogens with one attached hydrogen (secondary N) is 1. The van der Waals surface area contributed by atoms with Gasteiger partial charge < -0.3 is 10.1 Å². The molecule has 1 rings (SSSR count). The first-order valence-electron chi connectivity index (χ1n) is 7.91. The molecular formula is C15H26N4O3. The number of unbranched alkanes of at least 4 members (excludes halogenated alkanes) is 2. The molecule has 1 aromatic rings. The number of rotatable bonds is 10. The average Bonchev–Trinajstić information content (AvgIpc) is 2.48. The van der Waals surface area contributed by atoms with Crippen LogP contribution in [0.15, 0.2) is 0 Å². The lowest BCUT2D eigenvalue weighted by Crippen LogP contribution is -2.13. The van der Waals surface area contributed by atoms with Crippen molar-refractivity contribution in [3.63, 3.8) is 0 Å². The second-order valence-electron chi connectivity index (χ2n) is 5.59. The Balaban J connectivity index is 3.04. The van der Waals surface area contributed by atoms with Crippen LogP contribution in [0.2, 0.25) is 0 Å². The van der Waals surface area contributed by atoms with Gasteiger partial charge in [0.15, 0.2) is 0 Å². The fraction of sp³-hybridized carbons (Fsp3) is 0.733. The van der Waals surface area contributed by atoms with Crippen molar-refractivity contribution in [2.45, 2.75) is 53.4 Å². The number of anilines is 1. The molecular weight excluding hydrogens is 284 g/mol. The zero-order valence-electron chi connectivity index (χ0n) is 13.9. The topological polar surface area (TPSA) is 90.2 Å². The van der Waals surface area contributed by atoms with Gasteiger partial charge in [-0.3, -0.25) is 10.1 Å². The summed E-state index contributed by atoms with van der Waals surface area (Å²) >= 11 is 0. The third-order valence-electron chi connectivity index (χ3n) is 3.02. The minimum Gasteiger partial charge on any atom is -0.472 e. The van der Waals surface area contributed by atoms with Crippen LogP contribution < -0.4 is 10.1 Å². The van der Waals surface area contributed by atoms with E-state index < -0.39 is 4.92 Å². The molecule has 0 radical (unpaired) electrons. The number of hydrogen-bond donors (Lipinski definition) is 1. The van der Waals surface area contributed by atoms with E-state index in [0.29, 0.717) is 25.4 Å². The van der Waals surface area contributed by atoms with Gasteiger partial charge in [0.1, 0.15) is 5.82 Å². The van der Waals surface area contributed by atoms with Gasteiger partial charge >= 0.3 is 5.69 Å². The maximum absolute atomic E-state index is 11.4. The highest BCUT2D eigenvalue weighted by molar-refractivity contribution is 5.61. The molecule has 0 amide bonds. The Morgan fingerprint density at radius 3 is 2.55 bits per heavy atom. The van der Waals surface area contributed by atoms with E-state index in [1.54, 1.807) is 0 Å². The van der Waals surface area contributed by atoms with Crippen LogP contribution in [0.5, 0.6) is 5.88 Å². The summed E-state index contributed by atoms with van der Waals surface area (Å²) in [4.78, 5) is 19.3. The molecule has 1 aromatic heterocycles. The summed E-state index contributed by atoms with van der Waals surface area (Å²) in [5.74, 6) is 1.12. The summed E-state index contributed by atoms with van der Waals surface area (Å²) in [5.41, 5.74) is -0.172. The van der Waals surface area contributed by atoms with Crippen LogP contribution in [-0.2, 0) is 6.42 Å². The van der Waals surface area contributed by atoms with Gasteiger partial charge in [-0.15, -0.1) is 0 Å². The maximum Gasteiger partial charge on any atom is 0.372 e. The van der Waals surface area contributed by atoms with Crippen LogP contribution in [-0.4, -0.2) is 28.0 Å². The molecule has 0 aliphatic rings. The molecule has 0 bridgehead atoms. The molecule has 0 saturated carbocycles. The Kier molecular flexibility index (Phi) is 7.56. The number of aromatic nitrogens is 2. The smallest absolute Gasteiger partial charge is 0.372 e.